The number of rotatable bonds is 5. The van der Waals surface area contributed by atoms with Crippen molar-refractivity contribution in [3.63, 3.8) is 0 Å². The van der Waals surface area contributed by atoms with E-state index in [9.17, 15) is 0 Å². The third-order valence-corrected chi connectivity index (χ3v) is 13.8. The summed E-state index contributed by atoms with van der Waals surface area (Å²) in [5, 5.41) is 0. The minimum atomic E-state index is -1.38. The van der Waals surface area contributed by atoms with Gasteiger partial charge in [-0.05, 0) is 75.9 Å². The summed E-state index contributed by atoms with van der Waals surface area (Å²) >= 11 is 0. The number of hydrogen-bond acceptors (Lipinski definition) is 2. The molecule has 2 nitrogen and oxygen atoms in total. The van der Waals surface area contributed by atoms with E-state index in [-0.39, 0.29) is 0 Å². The van der Waals surface area contributed by atoms with E-state index < -0.39 is 16.6 Å². The highest BCUT2D eigenvalue weighted by molar-refractivity contribution is 6.73. The largest absolute Gasteiger partial charge is 0.414 e. The second kappa shape index (κ2) is 10.9. The summed E-state index contributed by atoms with van der Waals surface area (Å²) in [6.07, 6.45) is 8.86. The molecule has 2 aliphatic heterocycles. The smallest absolute Gasteiger partial charge is 0.190 e. The molecule has 2 heterocycles. The van der Waals surface area contributed by atoms with Crippen molar-refractivity contribution in [2.24, 2.45) is 0 Å². The average molecular weight is 407 g/mol. The molecule has 0 aromatic heterocycles. The Morgan fingerprint density at radius 3 is 1.85 bits per heavy atom. The van der Waals surface area contributed by atoms with Crippen LogP contribution < -0.4 is 0 Å². The lowest BCUT2D eigenvalue weighted by atomic mass is 10.2. The quantitative estimate of drug-likeness (QED) is 0.482. The van der Waals surface area contributed by atoms with E-state index in [0.29, 0.717) is 12.2 Å². The Bertz CT molecular complexity index is 534. The van der Waals surface area contributed by atoms with Crippen LogP contribution in [0.2, 0.25) is 37.3 Å². The number of aryl methyl sites for hydroxylation is 1. The van der Waals surface area contributed by atoms with E-state index in [1.54, 1.807) is 0 Å². The molecule has 0 N–H and O–H groups in total. The molecule has 2 saturated heterocycles. The monoisotopic (exact) mass is 406 g/mol. The topological polar surface area (TPSA) is 18.5 Å². The van der Waals surface area contributed by atoms with Gasteiger partial charge in [-0.2, -0.15) is 0 Å². The summed E-state index contributed by atoms with van der Waals surface area (Å²) in [5.74, 6) is 0. The Balaban J connectivity index is 0.000000208. The van der Waals surface area contributed by atoms with Gasteiger partial charge in [0.1, 0.15) is 0 Å². The lowest BCUT2D eigenvalue weighted by Gasteiger charge is -2.35. The van der Waals surface area contributed by atoms with Crippen molar-refractivity contribution in [2.75, 3.05) is 0 Å². The molecule has 154 valence electrons. The zero-order valence-corrected chi connectivity index (χ0v) is 20.4. The normalized spacial score (nSPS) is 33.8. The molecule has 4 heteroatoms. The minimum absolute atomic E-state index is 0.501. The van der Waals surface area contributed by atoms with Crippen molar-refractivity contribution < 1.29 is 8.85 Å². The lowest BCUT2D eigenvalue weighted by molar-refractivity contribution is 0.175. The maximum Gasteiger partial charge on any atom is 0.190 e. The van der Waals surface area contributed by atoms with Crippen molar-refractivity contribution in [1.82, 2.24) is 0 Å². The van der Waals surface area contributed by atoms with Gasteiger partial charge in [0.15, 0.2) is 16.6 Å². The molecule has 1 aromatic carbocycles. The van der Waals surface area contributed by atoms with Gasteiger partial charge in [0.05, 0.1) is 0 Å². The molecule has 2 fully saturated rings. The summed E-state index contributed by atoms with van der Waals surface area (Å²) in [6, 6.07) is 16.2. The van der Waals surface area contributed by atoms with Crippen LogP contribution in [-0.2, 0) is 15.3 Å². The molecule has 27 heavy (non-hydrogen) atoms. The number of benzene rings is 1. The van der Waals surface area contributed by atoms with Crippen LogP contribution in [0.25, 0.3) is 0 Å². The summed E-state index contributed by atoms with van der Waals surface area (Å²) in [5.41, 5.74) is 1.46. The van der Waals surface area contributed by atoms with Crippen LogP contribution in [0.5, 0.6) is 0 Å². The van der Waals surface area contributed by atoms with Crippen molar-refractivity contribution in [3.8, 4) is 0 Å². The Hall–Kier alpha value is -0.426. The van der Waals surface area contributed by atoms with Gasteiger partial charge in [0.2, 0.25) is 0 Å². The zero-order valence-electron chi connectivity index (χ0n) is 18.4. The second-order valence-electron chi connectivity index (χ2n) is 9.28. The van der Waals surface area contributed by atoms with E-state index in [2.05, 4.69) is 64.2 Å². The minimum Gasteiger partial charge on any atom is -0.414 e. The standard InChI is InChI=1S/C14H22OSi.C9H20OSi/c1-13-7-6-11-16(2,15-13)12-10-14-8-4-3-5-9-14;1-4-7-11(3)8-5-6-9(2)10-11/h3-5,8-9,13H,6-7,10-12H2,1-2H3;9H,4-8H2,1-3H3. The lowest BCUT2D eigenvalue weighted by Crippen LogP contribution is -2.41. The predicted octanol–water partition coefficient (Wildman–Crippen LogP) is 7.17. The molecule has 3 rings (SSSR count). The van der Waals surface area contributed by atoms with E-state index in [1.165, 1.54) is 68.3 Å². The second-order valence-corrected chi connectivity index (χ2v) is 17.5. The summed E-state index contributed by atoms with van der Waals surface area (Å²) < 4.78 is 12.3. The fraction of sp³-hybridized carbons (Fsp3) is 0.739. The molecule has 0 saturated carbocycles. The summed E-state index contributed by atoms with van der Waals surface area (Å²) in [4.78, 5) is 0. The highest BCUT2D eigenvalue weighted by Crippen LogP contribution is 2.30. The van der Waals surface area contributed by atoms with Crippen LogP contribution in [0.1, 0.15) is 58.4 Å². The third-order valence-electron chi connectivity index (χ3n) is 6.17. The molecule has 1 aromatic rings. The van der Waals surface area contributed by atoms with Crippen molar-refractivity contribution in [2.45, 2.75) is 109 Å². The fourth-order valence-electron chi connectivity index (χ4n) is 4.68. The molecule has 0 spiro atoms. The van der Waals surface area contributed by atoms with Gasteiger partial charge in [0.25, 0.3) is 0 Å². The van der Waals surface area contributed by atoms with Crippen molar-refractivity contribution in [3.05, 3.63) is 35.9 Å². The first kappa shape index (κ1) is 22.9. The van der Waals surface area contributed by atoms with Gasteiger partial charge in [-0.15, -0.1) is 0 Å². The molecule has 4 atom stereocenters. The summed E-state index contributed by atoms with van der Waals surface area (Å²) in [7, 11) is -2.58. The van der Waals surface area contributed by atoms with Crippen LogP contribution in [0.3, 0.4) is 0 Å². The Morgan fingerprint density at radius 1 is 0.852 bits per heavy atom. The van der Waals surface area contributed by atoms with Gasteiger partial charge in [-0.3, -0.25) is 0 Å². The average Bonchev–Trinajstić information content (AvgIpc) is 2.61. The van der Waals surface area contributed by atoms with E-state index in [1.807, 2.05) is 0 Å². The van der Waals surface area contributed by atoms with E-state index >= 15 is 0 Å². The molecule has 0 amide bonds. The van der Waals surface area contributed by atoms with Crippen LogP contribution >= 0.6 is 0 Å². The molecule has 0 bridgehead atoms. The maximum absolute atomic E-state index is 6.23. The zero-order chi connectivity index (χ0) is 19.8. The molecule has 0 radical (unpaired) electrons. The Kier molecular flexibility index (Phi) is 9.26. The first-order valence-electron chi connectivity index (χ1n) is 11.2. The molecule has 2 aliphatic rings. The van der Waals surface area contributed by atoms with Gasteiger partial charge >= 0.3 is 0 Å². The first-order chi connectivity index (χ1) is 12.8. The highest BCUT2D eigenvalue weighted by atomic mass is 28.4. The maximum atomic E-state index is 6.23. The van der Waals surface area contributed by atoms with Crippen LogP contribution in [-0.4, -0.2) is 28.8 Å². The predicted molar refractivity (Wildman–Crippen MR) is 122 cm³/mol. The van der Waals surface area contributed by atoms with Crippen molar-refractivity contribution in [1.29, 1.82) is 0 Å². The van der Waals surface area contributed by atoms with Gasteiger partial charge in [-0.25, -0.2) is 0 Å². The van der Waals surface area contributed by atoms with Gasteiger partial charge < -0.3 is 8.85 Å². The first-order valence-corrected chi connectivity index (χ1v) is 16.9. The SMILES string of the molecule is CC1CCC[Si](C)(CCc2ccccc2)O1.CCC[Si]1(C)CCCC(C)O1. The van der Waals surface area contributed by atoms with Gasteiger partial charge in [0, 0.05) is 12.2 Å². The van der Waals surface area contributed by atoms with E-state index in [4.69, 9.17) is 8.85 Å². The number of hydrogen-bond donors (Lipinski definition) is 0. The third kappa shape index (κ3) is 8.22. The Labute approximate surface area is 170 Å². The molecular weight excluding hydrogens is 364 g/mol. The van der Waals surface area contributed by atoms with Crippen LogP contribution in [0.15, 0.2) is 30.3 Å². The van der Waals surface area contributed by atoms with Crippen LogP contribution in [0.4, 0.5) is 0 Å². The van der Waals surface area contributed by atoms with E-state index in [0.717, 1.165) is 0 Å². The molecule has 0 aliphatic carbocycles. The van der Waals surface area contributed by atoms with Gasteiger partial charge in [-0.1, -0.05) is 56.5 Å². The Morgan fingerprint density at radius 2 is 1.37 bits per heavy atom. The van der Waals surface area contributed by atoms with Crippen molar-refractivity contribution >= 4 is 16.6 Å². The summed E-state index contributed by atoms with van der Waals surface area (Å²) in [6.45, 7) is 11.5. The van der Waals surface area contributed by atoms with Crippen LogP contribution in [0, 0.1) is 0 Å². The fourth-order valence-corrected chi connectivity index (χ4v) is 11.6. The highest BCUT2D eigenvalue weighted by Gasteiger charge is 2.34. The molecular formula is C23H42O2Si2. The molecule has 4 unspecified atom stereocenters.